The van der Waals surface area contributed by atoms with Gasteiger partial charge in [-0.1, -0.05) is 12.1 Å². The molecular formula is C20H20F4N2O3. The van der Waals surface area contributed by atoms with Crippen LogP contribution in [-0.2, 0) is 11.3 Å². The fourth-order valence-electron chi connectivity index (χ4n) is 2.35. The van der Waals surface area contributed by atoms with Gasteiger partial charge in [-0.25, -0.2) is 0 Å². The third-order valence-corrected chi connectivity index (χ3v) is 3.76. The Morgan fingerprint density at radius 2 is 1.69 bits per heavy atom. The van der Waals surface area contributed by atoms with Crippen LogP contribution in [-0.4, -0.2) is 33.2 Å². The van der Waals surface area contributed by atoms with Gasteiger partial charge in [0.1, 0.15) is 11.5 Å². The second kappa shape index (κ2) is 10.4. The fourth-order valence-corrected chi connectivity index (χ4v) is 2.35. The maximum Gasteiger partial charge on any atom is 0.387 e. The molecular weight excluding hydrogens is 392 g/mol. The van der Waals surface area contributed by atoms with E-state index in [1.807, 2.05) is 43.3 Å². The molecule has 0 atom stereocenters. The zero-order valence-corrected chi connectivity index (χ0v) is 15.7. The van der Waals surface area contributed by atoms with E-state index in [0.717, 1.165) is 29.5 Å². The van der Waals surface area contributed by atoms with Crippen LogP contribution in [0.2, 0.25) is 0 Å². The molecule has 1 amide bonds. The minimum atomic E-state index is -3.16. The Kier molecular flexibility index (Phi) is 7.88. The van der Waals surface area contributed by atoms with Gasteiger partial charge in [-0.2, -0.15) is 17.6 Å². The normalized spacial score (nSPS) is 11.2. The van der Waals surface area contributed by atoms with Crippen molar-refractivity contribution < 1.29 is 31.8 Å². The number of hydrogen-bond donors (Lipinski definition) is 1. The highest BCUT2D eigenvalue weighted by Gasteiger charge is 2.12. The molecule has 0 heterocycles. The van der Waals surface area contributed by atoms with Crippen LogP contribution < -0.4 is 19.7 Å². The summed E-state index contributed by atoms with van der Waals surface area (Å²) in [4.78, 5) is 13.9. The van der Waals surface area contributed by atoms with Gasteiger partial charge in [0.25, 0.3) is 0 Å². The molecule has 0 saturated carbocycles. The van der Waals surface area contributed by atoms with Crippen molar-refractivity contribution in [3.8, 4) is 11.5 Å². The quantitative estimate of drug-likeness (QED) is 0.493. The number of amides is 1. The number of anilines is 1. The number of alkyl halides is 4. The van der Waals surface area contributed by atoms with E-state index in [2.05, 4.69) is 14.8 Å². The lowest BCUT2D eigenvalue weighted by Crippen LogP contribution is -2.20. The Labute approximate surface area is 165 Å². The molecule has 156 valence electrons. The summed E-state index contributed by atoms with van der Waals surface area (Å²) < 4.78 is 58.2. The van der Waals surface area contributed by atoms with Crippen molar-refractivity contribution >= 4 is 17.7 Å². The maximum absolute atomic E-state index is 12.6. The second-order valence-electron chi connectivity index (χ2n) is 6.07. The number of carbonyl (C=O) groups excluding carboxylic acids is 1. The van der Waals surface area contributed by atoms with Gasteiger partial charge in [0.2, 0.25) is 5.91 Å². The second-order valence-corrected chi connectivity index (χ2v) is 6.07. The summed E-state index contributed by atoms with van der Waals surface area (Å²) in [5, 5.41) is 2.66. The molecule has 2 aromatic carbocycles. The minimum absolute atomic E-state index is 0.109. The highest BCUT2D eigenvalue weighted by Crippen LogP contribution is 2.28. The topological polar surface area (TPSA) is 50.8 Å². The minimum Gasteiger partial charge on any atom is -0.435 e. The number of halogens is 4. The molecule has 0 aromatic heterocycles. The molecule has 0 aliphatic heterocycles. The van der Waals surface area contributed by atoms with Crippen molar-refractivity contribution in [1.29, 1.82) is 0 Å². The first-order valence-corrected chi connectivity index (χ1v) is 8.50. The van der Waals surface area contributed by atoms with Crippen molar-refractivity contribution in [2.24, 2.45) is 0 Å². The van der Waals surface area contributed by atoms with Crippen LogP contribution >= 0.6 is 0 Å². The van der Waals surface area contributed by atoms with Crippen LogP contribution in [0, 0.1) is 0 Å². The van der Waals surface area contributed by atoms with E-state index >= 15 is 0 Å². The van der Waals surface area contributed by atoms with E-state index in [9.17, 15) is 22.4 Å². The third kappa shape index (κ3) is 7.36. The van der Waals surface area contributed by atoms with E-state index in [1.165, 1.54) is 12.1 Å². The average Bonchev–Trinajstić information content (AvgIpc) is 2.65. The number of rotatable bonds is 9. The fraction of sp³-hybridized carbons (Fsp3) is 0.250. The summed E-state index contributed by atoms with van der Waals surface area (Å²) in [6.07, 6.45) is 2.38. The summed E-state index contributed by atoms with van der Waals surface area (Å²) in [5.74, 6) is -1.18. The number of benzene rings is 2. The molecule has 1 N–H and O–H groups in total. The van der Waals surface area contributed by atoms with Gasteiger partial charge >= 0.3 is 13.2 Å². The van der Waals surface area contributed by atoms with E-state index in [0.29, 0.717) is 0 Å². The molecule has 0 fully saturated rings. The summed E-state index contributed by atoms with van der Waals surface area (Å²) >= 11 is 0. The molecule has 9 heteroatoms. The highest BCUT2D eigenvalue weighted by molar-refractivity contribution is 5.92. The molecule has 0 radical (unpaired) electrons. The van der Waals surface area contributed by atoms with Crippen LogP contribution in [0.15, 0.2) is 48.5 Å². The number of nitrogens with one attached hydrogen (secondary N) is 1. The Balaban J connectivity index is 2.02. The number of hydrogen-bond acceptors (Lipinski definition) is 4. The summed E-state index contributed by atoms with van der Waals surface area (Å²) in [6, 6.07) is 10.9. The lowest BCUT2D eigenvalue weighted by atomic mass is 10.1. The Bertz CT molecular complexity index is 840. The smallest absolute Gasteiger partial charge is 0.387 e. The van der Waals surface area contributed by atoms with Crippen LogP contribution in [0.5, 0.6) is 11.5 Å². The zero-order chi connectivity index (χ0) is 21.4. The van der Waals surface area contributed by atoms with Gasteiger partial charge in [0, 0.05) is 44.0 Å². The third-order valence-electron chi connectivity index (χ3n) is 3.76. The molecule has 0 bridgehead atoms. The van der Waals surface area contributed by atoms with Gasteiger partial charge < -0.3 is 19.7 Å². The lowest BCUT2D eigenvalue weighted by molar-refractivity contribution is -0.116. The molecule has 2 aromatic rings. The van der Waals surface area contributed by atoms with Crippen LogP contribution in [0.25, 0.3) is 6.08 Å². The predicted molar refractivity (Wildman–Crippen MR) is 101 cm³/mol. The summed E-state index contributed by atoms with van der Waals surface area (Å²) in [6.45, 7) is -5.99. The van der Waals surface area contributed by atoms with Gasteiger partial charge in [-0.05, 0) is 35.9 Å². The molecule has 0 spiro atoms. The first-order valence-electron chi connectivity index (χ1n) is 8.50. The number of ether oxygens (including phenoxy) is 2. The van der Waals surface area contributed by atoms with Crippen LogP contribution in [0.1, 0.15) is 11.1 Å². The van der Waals surface area contributed by atoms with Crippen molar-refractivity contribution in [3.05, 3.63) is 59.7 Å². The molecule has 2 rings (SSSR count). The molecule has 0 unspecified atom stereocenters. The highest BCUT2D eigenvalue weighted by atomic mass is 19.3. The molecule has 29 heavy (non-hydrogen) atoms. The predicted octanol–water partition coefficient (Wildman–Crippen LogP) is 4.29. The lowest BCUT2D eigenvalue weighted by Gasteiger charge is -2.12. The van der Waals surface area contributed by atoms with Gasteiger partial charge in [-0.3, -0.25) is 4.79 Å². The zero-order valence-electron chi connectivity index (χ0n) is 15.7. The SMILES string of the molecule is CN(C)c1ccc(CNC(=O)/C=C/c2ccc(OC(F)F)cc2OC(F)F)cc1. The van der Waals surface area contributed by atoms with Crippen LogP contribution in [0.3, 0.4) is 0 Å². The summed E-state index contributed by atoms with van der Waals surface area (Å²) in [7, 11) is 3.83. The van der Waals surface area contributed by atoms with Crippen LogP contribution in [0.4, 0.5) is 23.2 Å². The standard InChI is InChI=1S/C20H20F4N2O3/c1-26(2)15-7-3-13(4-8-15)12-25-18(27)10-6-14-5-9-16(28-19(21)22)11-17(14)29-20(23)24/h3-11,19-20H,12H2,1-2H3,(H,25,27)/b10-6+. The molecule has 0 aliphatic rings. The average molecular weight is 412 g/mol. The van der Waals surface area contributed by atoms with Crippen molar-refractivity contribution in [1.82, 2.24) is 5.32 Å². The van der Waals surface area contributed by atoms with E-state index < -0.39 is 19.1 Å². The summed E-state index contributed by atoms with van der Waals surface area (Å²) in [5.41, 5.74) is 2.01. The van der Waals surface area contributed by atoms with Gasteiger partial charge in [0.15, 0.2) is 0 Å². The van der Waals surface area contributed by atoms with Crippen molar-refractivity contribution in [3.63, 3.8) is 0 Å². The van der Waals surface area contributed by atoms with Crippen molar-refractivity contribution in [2.75, 3.05) is 19.0 Å². The Morgan fingerprint density at radius 3 is 2.28 bits per heavy atom. The monoisotopic (exact) mass is 412 g/mol. The maximum atomic E-state index is 12.6. The number of nitrogens with zero attached hydrogens (tertiary/aromatic N) is 1. The largest absolute Gasteiger partial charge is 0.435 e. The Morgan fingerprint density at radius 1 is 1.03 bits per heavy atom. The Hall–Kier alpha value is -3.23. The van der Waals surface area contributed by atoms with E-state index in [1.54, 1.807) is 0 Å². The first-order chi connectivity index (χ1) is 13.7. The van der Waals surface area contributed by atoms with E-state index in [-0.39, 0.29) is 23.6 Å². The van der Waals surface area contributed by atoms with Gasteiger partial charge in [-0.15, -0.1) is 0 Å². The van der Waals surface area contributed by atoms with Gasteiger partial charge in [0.05, 0.1) is 0 Å². The van der Waals surface area contributed by atoms with E-state index in [4.69, 9.17) is 0 Å². The molecule has 5 nitrogen and oxygen atoms in total. The molecule has 0 aliphatic carbocycles. The van der Waals surface area contributed by atoms with Crippen molar-refractivity contribution in [2.45, 2.75) is 19.8 Å². The number of carbonyl (C=O) groups is 1. The first kappa shape index (κ1) is 22.1. The molecule has 0 saturated heterocycles.